The molecule has 0 amide bonds. The Labute approximate surface area is 177 Å². The van der Waals surface area contributed by atoms with Crippen LogP contribution in [0, 0.1) is 6.92 Å². The summed E-state index contributed by atoms with van der Waals surface area (Å²) in [6, 6.07) is 10.4. The minimum absolute atomic E-state index is 0. The molecule has 0 saturated carbocycles. The minimum atomic E-state index is 0. The SMILES string of the molecule is CCCCNC(=NCc1nnc(C)n1C)NCCSc1ccccc1.I. The molecule has 0 saturated heterocycles. The zero-order chi connectivity index (χ0) is 17.9. The van der Waals surface area contributed by atoms with Gasteiger partial charge in [0.1, 0.15) is 12.4 Å². The molecule has 2 rings (SSSR count). The number of hydrogen-bond donors (Lipinski definition) is 2. The van der Waals surface area contributed by atoms with Crippen molar-refractivity contribution < 1.29 is 0 Å². The number of halogens is 1. The van der Waals surface area contributed by atoms with E-state index < -0.39 is 0 Å². The molecular formula is C18H29IN6S. The number of unbranched alkanes of at least 4 members (excludes halogenated alkanes) is 1. The number of rotatable bonds is 9. The first-order chi connectivity index (χ1) is 12.2. The Morgan fingerprint density at radius 3 is 2.54 bits per heavy atom. The summed E-state index contributed by atoms with van der Waals surface area (Å²) < 4.78 is 1.97. The fourth-order valence-electron chi connectivity index (χ4n) is 2.15. The number of guanidine groups is 1. The monoisotopic (exact) mass is 488 g/mol. The molecule has 26 heavy (non-hydrogen) atoms. The molecule has 0 radical (unpaired) electrons. The predicted octanol–water partition coefficient (Wildman–Crippen LogP) is 3.37. The quantitative estimate of drug-likeness (QED) is 0.186. The normalized spacial score (nSPS) is 11.1. The highest BCUT2D eigenvalue weighted by atomic mass is 127. The van der Waals surface area contributed by atoms with Gasteiger partial charge in [-0.1, -0.05) is 31.5 Å². The third-order valence-electron chi connectivity index (χ3n) is 3.79. The summed E-state index contributed by atoms with van der Waals surface area (Å²) in [6.07, 6.45) is 2.29. The molecule has 144 valence electrons. The van der Waals surface area contributed by atoms with Gasteiger partial charge >= 0.3 is 0 Å². The molecule has 1 heterocycles. The predicted molar refractivity (Wildman–Crippen MR) is 120 cm³/mol. The Morgan fingerprint density at radius 1 is 1.15 bits per heavy atom. The van der Waals surface area contributed by atoms with Gasteiger partial charge in [-0.2, -0.15) is 0 Å². The van der Waals surface area contributed by atoms with Gasteiger partial charge in [0, 0.05) is 30.8 Å². The molecule has 2 aromatic rings. The molecule has 1 aromatic heterocycles. The number of nitrogens with zero attached hydrogens (tertiary/aromatic N) is 4. The number of thioether (sulfide) groups is 1. The largest absolute Gasteiger partial charge is 0.356 e. The average Bonchev–Trinajstić information content (AvgIpc) is 2.95. The second-order valence-corrected chi connectivity index (χ2v) is 6.92. The molecule has 6 nitrogen and oxygen atoms in total. The van der Waals surface area contributed by atoms with Crippen molar-refractivity contribution in [1.82, 2.24) is 25.4 Å². The maximum atomic E-state index is 4.65. The van der Waals surface area contributed by atoms with Crippen molar-refractivity contribution in [3.63, 3.8) is 0 Å². The molecule has 0 fully saturated rings. The Balaban J connectivity index is 0.00000338. The number of hydrogen-bond acceptors (Lipinski definition) is 4. The molecule has 0 aliphatic heterocycles. The van der Waals surface area contributed by atoms with Crippen molar-refractivity contribution in [2.24, 2.45) is 12.0 Å². The lowest BCUT2D eigenvalue weighted by Crippen LogP contribution is -2.39. The van der Waals surface area contributed by atoms with Gasteiger partial charge < -0.3 is 15.2 Å². The average molecular weight is 488 g/mol. The maximum Gasteiger partial charge on any atom is 0.191 e. The van der Waals surface area contributed by atoms with Crippen molar-refractivity contribution >= 4 is 41.7 Å². The first-order valence-electron chi connectivity index (χ1n) is 8.75. The number of aromatic nitrogens is 3. The molecule has 8 heteroatoms. The second kappa shape index (κ2) is 13.0. The summed E-state index contributed by atoms with van der Waals surface area (Å²) in [5.74, 6) is 3.59. The van der Waals surface area contributed by atoms with E-state index in [4.69, 9.17) is 0 Å². The fraction of sp³-hybridized carbons (Fsp3) is 0.500. The highest BCUT2D eigenvalue weighted by Gasteiger charge is 2.05. The van der Waals surface area contributed by atoms with Crippen LogP contribution in [-0.2, 0) is 13.6 Å². The van der Waals surface area contributed by atoms with Crippen molar-refractivity contribution in [3.05, 3.63) is 42.0 Å². The number of aryl methyl sites for hydroxylation is 1. The summed E-state index contributed by atoms with van der Waals surface area (Å²) in [6.45, 7) is 6.43. The molecule has 0 aliphatic carbocycles. The van der Waals surface area contributed by atoms with Crippen molar-refractivity contribution in [3.8, 4) is 0 Å². The number of benzene rings is 1. The van der Waals surface area contributed by atoms with Gasteiger partial charge in [-0.25, -0.2) is 4.99 Å². The molecule has 0 unspecified atom stereocenters. The summed E-state index contributed by atoms with van der Waals surface area (Å²) in [4.78, 5) is 5.93. The van der Waals surface area contributed by atoms with E-state index >= 15 is 0 Å². The van der Waals surface area contributed by atoms with Crippen LogP contribution in [0.2, 0.25) is 0 Å². The van der Waals surface area contributed by atoms with Crippen LogP contribution in [0.5, 0.6) is 0 Å². The van der Waals surface area contributed by atoms with E-state index in [1.54, 1.807) is 0 Å². The van der Waals surface area contributed by atoms with Crippen LogP contribution in [0.15, 0.2) is 40.2 Å². The summed E-state index contributed by atoms with van der Waals surface area (Å²) >= 11 is 1.84. The smallest absolute Gasteiger partial charge is 0.191 e. The molecule has 0 atom stereocenters. The Bertz CT molecular complexity index is 659. The van der Waals surface area contributed by atoms with Crippen LogP contribution >= 0.6 is 35.7 Å². The van der Waals surface area contributed by atoms with Crippen LogP contribution in [-0.4, -0.2) is 39.6 Å². The summed E-state index contributed by atoms with van der Waals surface area (Å²) in [5.41, 5.74) is 0. The van der Waals surface area contributed by atoms with E-state index in [1.807, 2.05) is 36.4 Å². The Kier molecular flexibility index (Phi) is 11.3. The molecule has 0 bridgehead atoms. The van der Waals surface area contributed by atoms with Gasteiger partial charge in [-0.3, -0.25) is 0 Å². The van der Waals surface area contributed by atoms with Crippen LogP contribution in [0.1, 0.15) is 31.4 Å². The van der Waals surface area contributed by atoms with Gasteiger partial charge in [0.25, 0.3) is 0 Å². The topological polar surface area (TPSA) is 67.1 Å². The highest BCUT2D eigenvalue weighted by molar-refractivity contribution is 14.0. The van der Waals surface area contributed by atoms with E-state index in [1.165, 1.54) is 4.90 Å². The molecule has 1 aromatic carbocycles. The fourth-order valence-corrected chi connectivity index (χ4v) is 2.94. The van der Waals surface area contributed by atoms with E-state index in [2.05, 4.69) is 57.0 Å². The van der Waals surface area contributed by atoms with Crippen LogP contribution in [0.3, 0.4) is 0 Å². The van der Waals surface area contributed by atoms with E-state index in [0.717, 1.165) is 49.3 Å². The number of nitrogens with one attached hydrogen (secondary N) is 2. The lowest BCUT2D eigenvalue weighted by molar-refractivity contribution is 0.721. The third-order valence-corrected chi connectivity index (χ3v) is 4.80. The molecule has 0 spiro atoms. The van der Waals surface area contributed by atoms with Crippen molar-refractivity contribution in [2.45, 2.75) is 38.1 Å². The molecule has 2 N–H and O–H groups in total. The lowest BCUT2D eigenvalue weighted by Gasteiger charge is -2.12. The second-order valence-electron chi connectivity index (χ2n) is 5.76. The molecular weight excluding hydrogens is 459 g/mol. The number of aliphatic imine (C=N–C) groups is 1. The maximum absolute atomic E-state index is 4.65. The minimum Gasteiger partial charge on any atom is -0.356 e. The summed E-state index contributed by atoms with van der Waals surface area (Å²) in [7, 11) is 1.97. The van der Waals surface area contributed by atoms with Crippen LogP contribution < -0.4 is 10.6 Å². The van der Waals surface area contributed by atoms with Gasteiger partial charge in [0.2, 0.25) is 0 Å². The zero-order valence-corrected chi connectivity index (χ0v) is 18.9. The van der Waals surface area contributed by atoms with Gasteiger partial charge in [-0.15, -0.1) is 45.9 Å². The highest BCUT2D eigenvalue weighted by Crippen LogP contribution is 2.15. The first kappa shape index (κ1) is 22.8. The van der Waals surface area contributed by atoms with Gasteiger partial charge in [0.05, 0.1) is 0 Å². The lowest BCUT2D eigenvalue weighted by atomic mass is 10.3. The van der Waals surface area contributed by atoms with E-state index in [9.17, 15) is 0 Å². The van der Waals surface area contributed by atoms with Crippen molar-refractivity contribution in [2.75, 3.05) is 18.8 Å². The standard InChI is InChI=1S/C18H28N6S.HI/c1-4-5-11-19-18(21-14-17-23-22-15(2)24(17)3)20-12-13-25-16-9-7-6-8-10-16;/h6-10H,4-5,11-14H2,1-3H3,(H2,19,20,21);1H. The summed E-state index contributed by atoms with van der Waals surface area (Å²) in [5, 5.41) is 15.0. The van der Waals surface area contributed by atoms with Crippen LogP contribution in [0.4, 0.5) is 0 Å². The first-order valence-corrected chi connectivity index (χ1v) is 9.74. The van der Waals surface area contributed by atoms with E-state index in [0.29, 0.717) is 6.54 Å². The Hall–Kier alpha value is -1.29. The van der Waals surface area contributed by atoms with Gasteiger partial charge in [0.15, 0.2) is 11.8 Å². The zero-order valence-electron chi connectivity index (χ0n) is 15.7. The van der Waals surface area contributed by atoms with Crippen molar-refractivity contribution in [1.29, 1.82) is 0 Å². The molecule has 0 aliphatic rings. The van der Waals surface area contributed by atoms with Gasteiger partial charge in [-0.05, 0) is 25.5 Å². The Morgan fingerprint density at radius 2 is 1.88 bits per heavy atom. The van der Waals surface area contributed by atoms with Crippen LogP contribution in [0.25, 0.3) is 0 Å². The third kappa shape index (κ3) is 7.94. The van der Waals surface area contributed by atoms with E-state index in [-0.39, 0.29) is 24.0 Å².